The summed E-state index contributed by atoms with van der Waals surface area (Å²) in [4.78, 5) is 13.3. The minimum absolute atomic E-state index is 0.266. The van der Waals surface area contributed by atoms with Crippen LogP contribution in [-0.4, -0.2) is 42.3 Å². The normalized spacial score (nSPS) is 23.2. The van der Waals surface area contributed by atoms with Gasteiger partial charge in [0.1, 0.15) is 0 Å². The Labute approximate surface area is 140 Å². The molecule has 3 fully saturated rings. The van der Waals surface area contributed by atoms with Gasteiger partial charge in [0.2, 0.25) is 5.28 Å². The first-order chi connectivity index (χ1) is 11.3. The fourth-order valence-electron chi connectivity index (χ4n) is 3.71. The van der Waals surface area contributed by atoms with E-state index >= 15 is 0 Å². The second kappa shape index (κ2) is 5.89. The summed E-state index contributed by atoms with van der Waals surface area (Å²) in [5, 5.41) is 0.266. The van der Waals surface area contributed by atoms with Crippen molar-refractivity contribution in [3.8, 4) is 5.75 Å². The molecule has 120 valence electrons. The lowest BCUT2D eigenvalue weighted by atomic mass is 9.90. The number of hydrogen-bond donors (Lipinski definition) is 0. The SMILES string of the molecule is COc1cnc(Cl)nc1N1CC2CCC1CN2c1ccccc1. The van der Waals surface area contributed by atoms with E-state index in [1.807, 2.05) is 0 Å². The zero-order valence-corrected chi connectivity index (χ0v) is 13.8. The van der Waals surface area contributed by atoms with E-state index in [0.29, 0.717) is 17.8 Å². The van der Waals surface area contributed by atoms with Crippen molar-refractivity contribution in [2.75, 3.05) is 30.0 Å². The van der Waals surface area contributed by atoms with Gasteiger partial charge in [-0.15, -0.1) is 0 Å². The Morgan fingerprint density at radius 1 is 1.09 bits per heavy atom. The van der Waals surface area contributed by atoms with Crippen molar-refractivity contribution in [1.82, 2.24) is 9.97 Å². The zero-order valence-electron chi connectivity index (χ0n) is 13.0. The molecule has 3 aliphatic rings. The van der Waals surface area contributed by atoms with Crippen LogP contribution in [-0.2, 0) is 0 Å². The van der Waals surface area contributed by atoms with Gasteiger partial charge in [0.15, 0.2) is 11.6 Å². The number of nitrogens with zero attached hydrogens (tertiary/aromatic N) is 4. The Bertz CT molecular complexity index is 696. The van der Waals surface area contributed by atoms with E-state index in [2.05, 4.69) is 50.1 Å². The fraction of sp³-hybridized carbons (Fsp3) is 0.412. The number of hydrogen-bond acceptors (Lipinski definition) is 5. The van der Waals surface area contributed by atoms with Gasteiger partial charge in [0, 0.05) is 30.9 Å². The molecule has 3 saturated heterocycles. The largest absolute Gasteiger partial charge is 0.491 e. The molecular weight excluding hydrogens is 312 g/mol. The summed E-state index contributed by atoms with van der Waals surface area (Å²) >= 11 is 6.00. The van der Waals surface area contributed by atoms with Crippen LogP contribution in [0.4, 0.5) is 11.5 Å². The Hall–Kier alpha value is -2.01. The fourth-order valence-corrected chi connectivity index (χ4v) is 3.84. The molecule has 0 radical (unpaired) electrons. The Balaban J connectivity index is 1.62. The molecule has 1 aromatic carbocycles. The van der Waals surface area contributed by atoms with Crippen LogP contribution in [0.2, 0.25) is 5.28 Å². The highest BCUT2D eigenvalue weighted by Crippen LogP contribution is 2.38. The number of piperazine rings is 1. The van der Waals surface area contributed by atoms with Crippen molar-refractivity contribution >= 4 is 23.1 Å². The third kappa shape index (κ3) is 2.59. The van der Waals surface area contributed by atoms with Crippen molar-refractivity contribution in [3.63, 3.8) is 0 Å². The van der Waals surface area contributed by atoms with Crippen molar-refractivity contribution in [1.29, 1.82) is 0 Å². The van der Waals surface area contributed by atoms with Gasteiger partial charge in [0.25, 0.3) is 0 Å². The summed E-state index contributed by atoms with van der Waals surface area (Å²) in [5.41, 5.74) is 1.30. The predicted molar refractivity (Wildman–Crippen MR) is 91.5 cm³/mol. The molecule has 4 heterocycles. The van der Waals surface area contributed by atoms with Gasteiger partial charge in [-0.1, -0.05) is 18.2 Å². The maximum absolute atomic E-state index is 6.00. The summed E-state index contributed by atoms with van der Waals surface area (Å²) in [6, 6.07) is 11.5. The number of piperidine rings is 2. The number of para-hydroxylation sites is 1. The molecule has 0 amide bonds. The van der Waals surface area contributed by atoms with Crippen molar-refractivity contribution in [3.05, 3.63) is 41.8 Å². The van der Waals surface area contributed by atoms with E-state index in [0.717, 1.165) is 18.9 Å². The standard InChI is InChI=1S/C17H19ClN4O/c1-23-15-9-19-17(18)20-16(15)22-11-13-7-8-14(22)10-21(13)12-5-3-2-4-6-12/h2-6,9,13-14H,7-8,10-11H2,1H3. The number of halogens is 1. The quantitative estimate of drug-likeness (QED) is 0.809. The molecule has 2 aromatic rings. The van der Waals surface area contributed by atoms with Gasteiger partial charge in [0.05, 0.1) is 13.3 Å². The molecule has 0 aliphatic carbocycles. The molecule has 5 rings (SSSR count). The first kappa shape index (κ1) is 14.6. The number of methoxy groups -OCH3 is 1. The molecule has 6 heteroatoms. The maximum atomic E-state index is 6.00. The second-order valence-corrected chi connectivity index (χ2v) is 6.39. The summed E-state index contributed by atoms with van der Waals surface area (Å²) in [6.07, 6.45) is 4.03. The number of anilines is 2. The molecule has 5 nitrogen and oxygen atoms in total. The van der Waals surface area contributed by atoms with E-state index in [-0.39, 0.29) is 5.28 Å². The molecule has 1 aromatic heterocycles. The smallest absolute Gasteiger partial charge is 0.224 e. The monoisotopic (exact) mass is 330 g/mol. The van der Waals surface area contributed by atoms with Crippen molar-refractivity contribution in [2.24, 2.45) is 0 Å². The van der Waals surface area contributed by atoms with Gasteiger partial charge < -0.3 is 14.5 Å². The number of benzene rings is 1. The second-order valence-electron chi connectivity index (χ2n) is 6.06. The summed E-state index contributed by atoms with van der Waals surface area (Å²) in [5.74, 6) is 1.50. The highest BCUT2D eigenvalue weighted by atomic mass is 35.5. The summed E-state index contributed by atoms with van der Waals surface area (Å²) in [7, 11) is 1.65. The lowest BCUT2D eigenvalue weighted by molar-refractivity contribution is 0.326. The predicted octanol–water partition coefficient (Wildman–Crippen LogP) is 3.00. The van der Waals surface area contributed by atoms with Gasteiger partial charge in [-0.05, 0) is 36.6 Å². The van der Waals surface area contributed by atoms with Crippen LogP contribution in [0.15, 0.2) is 36.5 Å². The van der Waals surface area contributed by atoms with Crippen LogP contribution in [0.25, 0.3) is 0 Å². The first-order valence-electron chi connectivity index (χ1n) is 7.91. The maximum Gasteiger partial charge on any atom is 0.224 e. The van der Waals surface area contributed by atoms with E-state index in [1.54, 1.807) is 13.3 Å². The van der Waals surface area contributed by atoms with E-state index < -0.39 is 0 Å². The Kier molecular flexibility index (Phi) is 3.73. The van der Waals surface area contributed by atoms with Crippen LogP contribution >= 0.6 is 11.6 Å². The Morgan fingerprint density at radius 2 is 1.78 bits per heavy atom. The summed E-state index contributed by atoms with van der Waals surface area (Å²) < 4.78 is 5.43. The van der Waals surface area contributed by atoms with Gasteiger partial charge in [-0.25, -0.2) is 4.98 Å². The molecule has 0 spiro atoms. The lowest BCUT2D eigenvalue weighted by Gasteiger charge is -2.53. The average molecular weight is 331 g/mol. The van der Waals surface area contributed by atoms with Gasteiger partial charge >= 0.3 is 0 Å². The van der Waals surface area contributed by atoms with Crippen LogP contribution in [0.1, 0.15) is 12.8 Å². The van der Waals surface area contributed by atoms with Gasteiger partial charge in [-0.3, -0.25) is 0 Å². The van der Waals surface area contributed by atoms with E-state index in [4.69, 9.17) is 16.3 Å². The summed E-state index contributed by atoms with van der Waals surface area (Å²) in [6.45, 7) is 1.93. The van der Waals surface area contributed by atoms with Gasteiger partial charge in [-0.2, -0.15) is 4.98 Å². The lowest BCUT2D eigenvalue weighted by Crippen LogP contribution is -2.63. The van der Waals surface area contributed by atoms with Crippen LogP contribution in [0, 0.1) is 0 Å². The van der Waals surface area contributed by atoms with E-state index in [9.17, 15) is 0 Å². The average Bonchev–Trinajstić information content (AvgIpc) is 2.62. The van der Waals surface area contributed by atoms with Crippen LogP contribution in [0.3, 0.4) is 0 Å². The van der Waals surface area contributed by atoms with Crippen LogP contribution in [0.5, 0.6) is 5.75 Å². The highest BCUT2D eigenvalue weighted by molar-refractivity contribution is 6.28. The molecule has 23 heavy (non-hydrogen) atoms. The van der Waals surface area contributed by atoms with Crippen molar-refractivity contribution < 1.29 is 4.74 Å². The first-order valence-corrected chi connectivity index (χ1v) is 8.29. The zero-order chi connectivity index (χ0) is 15.8. The molecule has 0 N–H and O–H groups in total. The molecular formula is C17H19ClN4O. The van der Waals surface area contributed by atoms with E-state index in [1.165, 1.54) is 18.5 Å². The number of fused-ring (bicyclic) bond motifs is 3. The molecule has 2 bridgehead atoms. The molecule has 2 atom stereocenters. The third-order valence-electron chi connectivity index (χ3n) is 4.82. The Morgan fingerprint density at radius 3 is 2.43 bits per heavy atom. The molecule has 3 aliphatic heterocycles. The van der Waals surface area contributed by atoms with Crippen molar-refractivity contribution in [2.45, 2.75) is 24.9 Å². The highest BCUT2D eigenvalue weighted by Gasteiger charge is 2.40. The third-order valence-corrected chi connectivity index (χ3v) is 5.00. The minimum atomic E-state index is 0.266. The number of aromatic nitrogens is 2. The molecule has 0 saturated carbocycles. The molecule has 2 unspecified atom stereocenters. The minimum Gasteiger partial charge on any atom is -0.491 e. The topological polar surface area (TPSA) is 41.5 Å². The van der Waals surface area contributed by atoms with Crippen LogP contribution < -0.4 is 14.5 Å². The number of rotatable bonds is 3. The number of ether oxygens (including phenoxy) is 1.